The molecule has 2 N–H and O–H groups in total. The third-order valence-corrected chi connectivity index (χ3v) is 3.50. The average molecular weight is 246 g/mol. The maximum atomic E-state index is 11.6. The van der Waals surface area contributed by atoms with E-state index in [-0.39, 0.29) is 12.0 Å². The van der Waals surface area contributed by atoms with Crippen LogP contribution < -0.4 is 10.6 Å². The molecule has 1 saturated carbocycles. The number of amides is 3. The van der Waals surface area contributed by atoms with Gasteiger partial charge in [-0.3, -0.25) is 10.1 Å². The van der Waals surface area contributed by atoms with E-state index >= 15 is 0 Å². The summed E-state index contributed by atoms with van der Waals surface area (Å²) in [6.07, 6.45) is 1.14. The minimum Gasteiger partial charge on any atom is -0.373 e. The molecule has 1 aliphatic carbocycles. The number of urea groups is 1. The van der Waals surface area contributed by atoms with E-state index in [1.807, 2.05) is 30.3 Å². The first-order valence-electron chi connectivity index (χ1n) is 5.97. The van der Waals surface area contributed by atoms with Crippen LogP contribution in [-0.2, 0) is 16.1 Å². The van der Waals surface area contributed by atoms with Crippen LogP contribution in [0.1, 0.15) is 18.4 Å². The van der Waals surface area contributed by atoms with Crippen molar-refractivity contribution >= 4 is 11.9 Å². The highest BCUT2D eigenvalue weighted by Crippen LogP contribution is 2.37. The molecule has 3 amide bonds. The Balaban J connectivity index is 1.51. The Bertz CT molecular complexity index is 480. The number of hydrogen-bond donors (Lipinski definition) is 2. The molecule has 1 aliphatic heterocycles. The summed E-state index contributed by atoms with van der Waals surface area (Å²) in [4.78, 5) is 22.6. The fraction of sp³-hybridized carbons (Fsp3) is 0.385. The first-order chi connectivity index (χ1) is 8.68. The largest absolute Gasteiger partial charge is 0.373 e. The topological polar surface area (TPSA) is 67.4 Å². The summed E-state index contributed by atoms with van der Waals surface area (Å²) in [6, 6.07) is 9.48. The van der Waals surface area contributed by atoms with E-state index in [2.05, 4.69) is 10.6 Å². The molecule has 1 heterocycles. The van der Waals surface area contributed by atoms with Gasteiger partial charge in [0.1, 0.15) is 5.54 Å². The zero-order chi connectivity index (χ0) is 12.6. The van der Waals surface area contributed by atoms with Gasteiger partial charge in [-0.2, -0.15) is 0 Å². The van der Waals surface area contributed by atoms with Crippen LogP contribution in [0.15, 0.2) is 30.3 Å². The lowest BCUT2D eigenvalue weighted by Gasteiger charge is -2.41. The normalized spacial score (nSPS) is 29.9. The fourth-order valence-electron chi connectivity index (χ4n) is 2.44. The van der Waals surface area contributed by atoms with Crippen LogP contribution in [0.2, 0.25) is 0 Å². The van der Waals surface area contributed by atoms with Gasteiger partial charge in [0.25, 0.3) is 5.91 Å². The number of imide groups is 1. The number of rotatable bonds is 3. The molecule has 3 rings (SSSR count). The summed E-state index contributed by atoms with van der Waals surface area (Å²) in [7, 11) is 0. The van der Waals surface area contributed by atoms with Crippen molar-refractivity contribution in [3.8, 4) is 0 Å². The summed E-state index contributed by atoms with van der Waals surface area (Å²) in [6.45, 7) is 0.539. The van der Waals surface area contributed by atoms with E-state index in [4.69, 9.17) is 4.74 Å². The van der Waals surface area contributed by atoms with Crippen molar-refractivity contribution in [1.82, 2.24) is 10.6 Å². The van der Waals surface area contributed by atoms with E-state index in [0.717, 1.165) is 5.56 Å². The smallest absolute Gasteiger partial charge is 0.322 e. The molecule has 0 bridgehead atoms. The molecule has 0 atom stereocenters. The molecule has 0 aromatic heterocycles. The van der Waals surface area contributed by atoms with E-state index < -0.39 is 11.6 Å². The van der Waals surface area contributed by atoms with Gasteiger partial charge in [0, 0.05) is 12.8 Å². The summed E-state index contributed by atoms with van der Waals surface area (Å²) >= 11 is 0. The Morgan fingerprint density at radius 1 is 1.22 bits per heavy atom. The lowest BCUT2D eigenvalue weighted by atomic mass is 9.74. The van der Waals surface area contributed by atoms with Crippen molar-refractivity contribution in [2.75, 3.05) is 0 Å². The minimum absolute atomic E-state index is 0.0364. The summed E-state index contributed by atoms with van der Waals surface area (Å²) in [5.41, 5.74) is 0.400. The van der Waals surface area contributed by atoms with Gasteiger partial charge in [-0.05, 0) is 5.56 Å². The van der Waals surface area contributed by atoms with E-state index in [1.54, 1.807) is 0 Å². The van der Waals surface area contributed by atoms with Gasteiger partial charge in [-0.15, -0.1) is 0 Å². The second kappa shape index (κ2) is 4.10. The van der Waals surface area contributed by atoms with Crippen LogP contribution in [0, 0.1) is 0 Å². The Labute approximate surface area is 105 Å². The second-order valence-electron chi connectivity index (χ2n) is 4.82. The fourth-order valence-corrected chi connectivity index (χ4v) is 2.44. The molecular formula is C13H14N2O3. The molecule has 94 valence electrons. The van der Waals surface area contributed by atoms with Gasteiger partial charge < -0.3 is 10.1 Å². The quantitative estimate of drug-likeness (QED) is 0.780. The molecule has 1 saturated heterocycles. The van der Waals surface area contributed by atoms with Crippen molar-refractivity contribution in [3.05, 3.63) is 35.9 Å². The van der Waals surface area contributed by atoms with Crippen LogP contribution in [0.25, 0.3) is 0 Å². The predicted octanol–water partition coefficient (Wildman–Crippen LogP) is 0.944. The lowest BCUT2D eigenvalue weighted by molar-refractivity contribution is -0.135. The van der Waals surface area contributed by atoms with Crippen molar-refractivity contribution in [3.63, 3.8) is 0 Å². The number of hydrogen-bond acceptors (Lipinski definition) is 3. The SMILES string of the molecule is O=C1NC(=O)[C@]2(C[C@@H](OCc3ccccc3)C2)N1. The van der Waals surface area contributed by atoms with Crippen LogP contribution in [0.4, 0.5) is 4.79 Å². The highest BCUT2D eigenvalue weighted by molar-refractivity contribution is 6.07. The zero-order valence-corrected chi connectivity index (χ0v) is 9.81. The first kappa shape index (κ1) is 11.2. The minimum atomic E-state index is -0.710. The molecule has 5 heteroatoms. The van der Waals surface area contributed by atoms with E-state index in [0.29, 0.717) is 19.4 Å². The molecule has 0 unspecified atom stereocenters. The first-order valence-corrected chi connectivity index (χ1v) is 5.97. The van der Waals surface area contributed by atoms with E-state index in [9.17, 15) is 9.59 Å². The third kappa shape index (κ3) is 1.86. The number of carbonyl (C=O) groups is 2. The van der Waals surface area contributed by atoms with Crippen LogP contribution in [0.5, 0.6) is 0 Å². The van der Waals surface area contributed by atoms with Gasteiger partial charge in [0.15, 0.2) is 0 Å². The number of nitrogens with one attached hydrogen (secondary N) is 2. The van der Waals surface area contributed by atoms with Crippen LogP contribution in [0.3, 0.4) is 0 Å². The monoisotopic (exact) mass is 246 g/mol. The van der Waals surface area contributed by atoms with Gasteiger partial charge >= 0.3 is 6.03 Å². The summed E-state index contributed by atoms with van der Waals surface area (Å²) in [5.74, 6) is -0.230. The van der Waals surface area contributed by atoms with Crippen LogP contribution in [-0.4, -0.2) is 23.6 Å². The molecular weight excluding hydrogens is 232 g/mol. The molecule has 18 heavy (non-hydrogen) atoms. The maximum absolute atomic E-state index is 11.6. The Morgan fingerprint density at radius 3 is 2.56 bits per heavy atom. The predicted molar refractivity (Wildman–Crippen MR) is 63.7 cm³/mol. The standard InChI is InChI=1S/C13H14N2O3/c16-11-13(15-12(17)14-11)6-10(7-13)18-8-9-4-2-1-3-5-9/h1-5,10H,6-8H2,(H2,14,15,16,17)/t10-,13-. The number of benzene rings is 1. The van der Waals surface area contributed by atoms with Gasteiger partial charge in [-0.1, -0.05) is 30.3 Å². The molecule has 2 aliphatic rings. The van der Waals surface area contributed by atoms with Crippen molar-refractivity contribution in [2.24, 2.45) is 0 Å². The Morgan fingerprint density at radius 2 is 1.94 bits per heavy atom. The van der Waals surface area contributed by atoms with E-state index in [1.165, 1.54) is 0 Å². The van der Waals surface area contributed by atoms with Gasteiger partial charge in [0.05, 0.1) is 12.7 Å². The highest BCUT2D eigenvalue weighted by atomic mass is 16.5. The summed E-state index contributed by atoms with van der Waals surface area (Å²) in [5, 5.41) is 4.92. The molecule has 5 nitrogen and oxygen atoms in total. The Kier molecular flexibility index (Phi) is 2.56. The third-order valence-electron chi connectivity index (χ3n) is 3.50. The van der Waals surface area contributed by atoms with Crippen molar-refractivity contribution in [1.29, 1.82) is 0 Å². The average Bonchev–Trinajstić information content (AvgIpc) is 2.62. The number of ether oxygens (including phenoxy) is 1. The number of carbonyl (C=O) groups excluding carboxylic acids is 2. The zero-order valence-electron chi connectivity index (χ0n) is 9.81. The Hall–Kier alpha value is -1.88. The van der Waals surface area contributed by atoms with Crippen molar-refractivity contribution in [2.45, 2.75) is 31.1 Å². The highest BCUT2D eigenvalue weighted by Gasteiger charge is 2.55. The van der Waals surface area contributed by atoms with Crippen LogP contribution >= 0.6 is 0 Å². The molecule has 1 spiro atoms. The molecule has 0 radical (unpaired) electrons. The molecule has 2 fully saturated rings. The molecule has 1 aromatic rings. The summed E-state index contributed by atoms with van der Waals surface area (Å²) < 4.78 is 5.70. The van der Waals surface area contributed by atoms with Gasteiger partial charge in [-0.25, -0.2) is 4.79 Å². The second-order valence-corrected chi connectivity index (χ2v) is 4.82. The van der Waals surface area contributed by atoms with Gasteiger partial charge in [0.2, 0.25) is 0 Å². The van der Waals surface area contributed by atoms with Crippen molar-refractivity contribution < 1.29 is 14.3 Å². The lowest BCUT2D eigenvalue weighted by Crippen LogP contribution is -2.59. The molecule has 1 aromatic carbocycles. The maximum Gasteiger partial charge on any atom is 0.322 e.